The van der Waals surface area contributed by atoms with Crippen molar-refractivity contribution in [1.29, 1.82) is 5.26 Å². The minimum Gasteiger partial charge on any atom is -0.354 e. The lowest BCUT2D eigenvalue weighted by Crippen LogP contribution is -2.30. The Morgan fingerprint density at radius 2 is 2.00 bits per heavy atom. The van der Waals surface area contributed by atoms with E-state index in [1.54, 1.807) is 0 Å². The van der Waals surface area contributed by atoms with Crippen molar-refractivity contribution >= 4 is 5.82 Å². The zero-order chi connectivity index (χ0) is 12.3. The van der Waals surface area contributed by atoms with Crippen LogP contribution in [0.25, 0.3) is 0 Å². The van der Waals surface area contributed by atoms with Gasteiger partial charge in [0.15, 0.2) is 5.82 Å². The summed E-state index contributed by atoms with van der Waals surface area (Å²) in [5.74, 6) is 0.681. The molecule has 1 atom stereocenters. The molecule has 0 amide bonds. The van der Waals surface area contributed by atoms with Gasteiger partial charge in [0.1, 0.15) is 11.6 Å². The van der Waals surface area contributed by atoms with Crippen LogP contribution in [0.2, 0.25) is 0 Å². The first-order valence-corrected chi connectivity index (χ1v) is 5.49. The molecule has 0 aliphatic carbocycles. The Morgan fingerprint density at radius 1 is 1.38 bits per heavy atom. The Kier molecular flexibility index (Phi) is 3.83. The molecular weight excluding hydrogens is 200 g/mol. The van der Waals surface area contributed by atoms with Crippen LogP contribution in [0.15, 0.2) is 0 Å². The van der Waals surface area contributed by atoms with E-state index in [-0.39, 0.29) is 0 Å². The maximum atomic E-state index is 9.18. The number of hydrogen-bond acceptors (Lipinski definition) is 4. The van der Waals surface area contributed by atoms with E-state index in [2.05, 4.69) is 30.1 Å². The summed E-state index contributed by atoms with van der Waals surface area (Å²) in [5.41, 5.74) is 2.37. The summed E-state index contributed by atoms with van der Waals surface area (Å²) in [6.07, 6.45) is 1.01. The monoisotopic (exact) mass is 218 g/mol. The zero-order valence-electron chi connectivity index (χ0n) is 10.6. The third kappa shape index (κ3) is 2.13. The molecule has 16 heavy (non-hydrogen) atoms. The van der Waals surface area contributed by atoms with Gasteiger partial charge >= 0.3 is 0 Å². The quantitative estimate of drug-likeness (QED) is 0.780. The SMILES string of the molecule is CCC(C)N(C)c1nnc(C)c(C)c1C#N. The van der Waals surface area contributed by atoms with Crippen LogP contribution in [-0.2, 0) is 0 Å². The number of hydrogen-bond donors (Lipinski definition) is 0. The Morgan fingerprint density at radius 3 is 2.50 bits per heavy atom. The molecule has 0 saturated heterocycles. The third-order valence-corrected chi connectivity index (χ3v) is 3.13. The fourth-order valence-corrected chi connectivity index (χ4v) is 1.46. The molecule has 1 aromatic rings. The van der Waals surface area contributed by atoms with E-state index in [1.165, 1.54) is 0 Å². The molecule has 0 bridgehead atoms. The van der Waals surface area contributed by atoms with Crippen LogP contribution in [-0.4, -0.2) is 23.3 Å². The third-order valence-electron chi connectivity index (χ3n) is 3.13. The van der Waals surface area contributed by atoms with Crippen molar-refractivity contribution in [2.75, 3.05) is 11.9 Å². The summed E-state index contributed by atoms with van der Waals surface area (Å²) < 4.78 is 0. The van der Waals surface area contributed by atoms with Gasteiger partial charge in [-0.15, -0.1) is 5.10 Å². The van der Waals surface area contributed by atoms with Crippen LogP contribution in [0.5, 0.6) is 0 Å². The highest BCUT2D eigenvalue weighted by atomic mass is 15.3. The number of anilines is 1. The topological polar surface area (TPSA) is 52.8 Å². The average molecular weight is 218 g/mol. The van der Waals surface area contributed by atoms with E-state index in [0.29, 0.717) is 17.4 Å². The lowest BCUT2D eigenvalue weighted by molar-refractivity contribution is 0.650. The van der Waals surface area contributed by atoms with Crippen molar-refractivity contribution in [3.05, 3.63) is 16.8 Å². The molecule has 0 aliphatic rings. The van der Waals surface area contributed by atoms with Crippen LogP contribution in [0, 0.1) is 25.2 Å². The van der Waals surface area contributed by atoms with Crippen LogP contribution in [0.3, 0.4) is 0 Å². The van der Waals surface area contributed by atoms with Crippen molar-refractivity contribution in [3.8, 4) is 6.07 Å². The first-order chi connectivity index (χ1) is 7.52. The molecule has 1 aromatic heterocycles. The first kappa shape index (κ1) is 12.4. The van der Waals surface area contributed by atoms with Crippen molar-refractivity contribution in [1.82, 2.24) is 10.2 Å². The first-order valence-electron chi connectivity index (χ1n) is 5.49. The van der Waals surface area contributed by atoms with Crippen molar-refractivity contribution in [2.24, 2.45) is 0 Å². The van der Waals surface area contributed by atoms with Gasteiger partial charge in [0.2, 0.25) is 0 Å². The minimum atomic E-state index is 0.350. The second kappa shape index (κ2) is 4.93. The van der Waals surface area contributed by atoms with Crippen molar-refractivity contribution in [3.63, 3.8) is 0 Å². The molecule has 1 heterocycles. The van der Waals surface area contributed by atoms with Gasteiger partial charge in [0.05, 0.1) is 5.69 Å². The summed E-state index contributed by atoms with van der Waals surface area (Å²) >= 11 is 0. The fourth-order valence-electron chi connectivity index (χ4n) is 1.46. The zero-order valence-corrected chi connectivity index (χ0v) is 10.6. The van der Waals surface area contributed by atoms with Gasteiger partial charge in [-0.1, -0.05) is 6.92 Å². The van der Waals surface area contributed by atoms with Gasteiger partial charge in [-0.05, 0) is 32.8 Å². The van der Waals surface area contributed by atoms with Crippen LogP contribution in [0.4, 0.5) is 5.82 Å². The van der Waals surface area contributed by atoms with Crippen LogP contribution < -0.4 is 4.90 Å². The van der Waals surface area contributed by atoms with Gasteiger partial charge in [-0.3, -0.25) is 0 Å². The van der Waals surface area contributed by atoms with E-state index in [9.17, 15) is 5.26 Å². The van der Waals surface area contributed by atoms with Gasteiger partial charge in [0.25, 0.3) is 0 Å². The Hall–Kier alpha value is -1.63. The molecule has 1 rings (SSSR count). The Labute approximate surface area is 96.9 Å². The lowest BCUT2D eigenvalue weighted by Gasteiger charge is -2.25. The van der Waals surface area contributed by atoms with Gasteiger partial charge in [-0.2, -0.15) is 10.4 Å². The molecule has 0 aromatic carbocycles. The predicted octanol–water partition coefficient (Wildman–Crippen LogP) is 2.20. The number of nitrogens with zero attached hydrogens (tertiary/aromatic N) is 4. The summed E-state index contributed by atoms with van der Waals surface area (Å²) in [4.78, 5) is 2.01. The van der Waals surface area contributed by atoms with E-state index < -0.39 is 0 Å². The second-order valence-corrected chi connectivity index (χ2v) is 4.09. The molecular formula is C12H18N4. The van der Waals surface area contributed by atoms with Crippen molar-refractivity contribution in [2.45, 2.75) is 40.2 Å². The lowest BCUT2D eigenvalue weighted by atomic mass is 10.1. The van der Waals surface area contributed by atoms with E-state index in [4.69, 9.17) is 0 Å². The highest BCUT2D eigenvalue weighted by Crippen LogP contribution is 2.22. The predicted molar refractivity (Wildman–Crippen MR) is 64.4 cm³/mol. The average Bonchev–Trinajstić information content (AvgIpc) is 2.30. The molecule has 0 aliphatic heterocycles. The van der Waals surface area contributed by atoms with Crippen LogP contribution >= 0.6 is 0 Å². The fraction of sp³-hybridized carbons (Fsp3) is 0.583. The molecule has 0 N–H and O–H groups in total. The van der Waals surface area contributed by atoms with Gasteiger partial charge in [0, 0.05) is 13.1 Å². The number of nitriles is 1. The number of rotatable bonds is 3. The minimum absolute atomic E-state index is 0.350. The molecule has 0 fully saturated rings. The summed E-state index contributed by atoms with van der Waals surface area (Å²) in [7, 11) is 1.95. The summed E-state index contributed by atoms with van der Waals surface area (Å²) in [6, 6.07) is 2.57. The Bertz CT molecular complexity index is 420. The highest BCUT2D eigenvalue weighted by Gasteiger charge is 2.17. The number of aromatic nitrogens is 2. The number of aryl methyl sites for hydroxylation is 1. The molecule has 0 saturated carbocycles. The summed E-state index contributed by atoms with van der Waals surface area (Å²) in [6.45, 7) is 8.01. The molecule has 86 valence electrons. The molecule has 1 unspecified atom stereocenters. The molecule has 4 heteroatoms. The van der Waals surface area contributed by atoms with Gasteiger partial charge < -0.3 is 4.90 Å². The standard InChI is InChI=1S/C12H18N4/c1-6-8(2)16(5)12-11(7-13)9(3)10(4)14-15-12/h8H,6H2,1-5H3. The molecule has 0 radical (unpaired) electrons. The normalized spacial score (nSPS) is 12.0. The van der Waals surface area contributed by atoms with Crippen LogP contribution in [0.1, 0.15) is 37.1 Å². The maximum absolute atomic E-state index is 9.18. The van der Waals surface area contributed by atoms with E-state index in [1.807, 2.05) is 25.8 Å². The maximum Gasteiger partial charge on any atom is 0.169 e. The molecule has 4 nitrogen and oxygen atoms in total. The largest absolute Gasteiger partial charge is 0.354 e. The Balaban J connectivity index is 3.25. The second-order valence-electron chi connectivity index (χ2n) is 4.09. The van der Waals surface area contributed by atoms with E-state index in [0.717, 1.165) is 17.7 Å². The van der Waals surface area contributed by atoms with Crippen molar-refractivity contribution < 1.29 is 0 Å². The smallest absolute Gasteiger partial charge is 0.169 e. The van der Waals surface area contributed by atoms with E-state index >= 15 is 0 Å². The molecule has 0 spiro atoms. The summed E-state index contributed by atoms with van der Waals surface area (Å²) in [5, 5.41) is 17.4. The highest BCUT2D eigenvalue weighted by molar-refractivity contribution is 5.57. The van der Waals surface area contributed by atoms with Gasteiger partial charge in [-0.25, -0.2) is 0 Å².